The molecule has 1 aliphatic carbocycles. The highest BCUT2D eigenvalue weighted by Gasteiger charge is 2.21. The van der Waals surface area contributed by atoms with E-state index in [1.807, 2.05) is 24.3 Å². The van der Waals surface area contributed by atoms with E-state index in [1.165, 1.54) is 55.6 Å². The number of phenolic OH excluding ortho intramolecular Hbond substituents is 1. The summed E-state index contributed by atoms with van der Waals surface area (Å²) in [6.07, 6.45) is 7.65. The second-order valence-electron chi connectivity index (χ2n) is 8.03. The highest BCUT2D eigenvalue weighted by atomic mass is 16.3. The molecule has 1 heterocycles. The van der Waals surface area contributed by atoms with Gasteiger partial charge in [-0.15, -0.1) is 0 Å². The number of fused-ring (bicyclic) bond motifs is 1. The first-order chi connectivity index (χ1) is 13.6. The molecule has 28 heavy (non-hydrogen) atoms. The summed E-state index contributed by atoms with van der Waals surface area (Å²) in [5, 5.41) is 9.15. The summed E-state index contributed by atoms with van der Waals surface area (Å²) in [4.78, 5) is 13.3. The van der Waals surface area contributed by atoms with Gasteiger partial charge in [0.25, 0.3) is 0 Å². The molecule has 0 spiro atoms. The smallest absolute Gasteiger partial charge is 0.217 e. The molecule has 4 nitrogen and oxygen atoms in total. The van der Waals surface area contributed by atoms with Gasteiger partial charge in [0.15, 0.2) is 0 Å². The van der Waals surface area contributed by atoms with Crippen molar-refractivity contribution in [1.29, 1.82) is 0 Å². The summed E-state index contributed by atoms with van der Waals surface area (Å²) >= 11 is 0. The fourth-order valence-electron chi connectivity index (χ4n) is 4.25. The van der Waals surface area contributed by atoms with E-state index in [1.54, 1.807) is 12.1 Å². The SMILES string of the molecule is NC(=O)CC1Cc2ccccc2C1.Oc1ccc(CCCN2CCCC2)cc1. The molecule has 1 amide bonds. The zero-order chi connectivity index (χ0) is 19.8. The van der Waals surface area contributed by atoms with E-state index in [4.69, 9.17) is 10.8 Å². The monoisotopic (exact) mass is 380 g/mol. The molecule has 2 aliphatic rings. The van der Waals surface area contributed by atoms with Crippen molar-refractivity contribution in [2.45, 2.75) is 44.9 Å². The Balaban J connectivity index is 0.000000162. The average Bonchev–Trinajstić information content (AvgIpc) is 3.32. The van der Waals surface area contributed by atoms with Crippen molar-refractivity contribution in [3.05, 3.63) is 65.2 Å². The van der Waals surface area contributed by atoms with E-state index in [9.17, 15) is 4.79 Å². The van der Waals surface area contributed by atoms with E-state index in [0.29, 0.717) is 18.1 Å². The number of hydrogen-bond donors (Lipinski definition) is 2. The van der Waals surface area contributed by atoms with Crippen molar-refractivity contribution in [1.82, 2.24) is 4.90 Å². The van der Waals surface area contributed by atoms with Gasteiger partial charge in [0.2, 0.25) is 5.91 Å². The van der Waals surface area contributed by atoms with Gasteiger partial charge in [0, 0.05) is 6.42 Å². The molecule has 0 aromatic heterocycles. The molecule has 150 valence electrons. The molecule has 2 aromatic carbocycles. The molecular weight excluding hydrogens is 348 g/mol. The van der Waals surface area contributed by atoms with Crippen LogP contribution >= 0.6 is 0 Å². The van der Waals surface area contributed by atoms with Crippen LogP contribution in [0.15, 0.2) is 48.5 Å². The molecule has 0 atom stereocenters. The molecule has 2 aromatic rings. The van der Waals surface area contributed by atoms with Gasteiger partial charge in [-0.1, -0.05) is 36.4 Å². The number of likely N-dealkylation sites (tertiary alicyclic amines) is 1. The Morgan fingerprint density at radius 2 is 1.61 bits per heavy atom. The van der Waals surface area contributed by atoms with Crippen LogP contribution in [0.2, 0.25) is 0 Å². The minimum atomic E-state index is -0.183. The van der Waals surface area contributed by atoms with Crippen LogP contribution in [0.4, 0.5) is 0 Å². The Morgan fingerprint density at radius 1 is 1.00 bits per heavy atom. The number of carbonyl (C=O) groups excluding carboxylic acids is 1. The fraction of sp³-hybridized carbons (Fsp3) is 0.458. The molecule has 4 rings (SSSR count). The standard InChI is InChI=1S/C13H19NO.C11H13NO/c15-13-7-5-12(6-8-13)4-3-11-14-9-1-2-10-14;12-11(13)7-8-5-9-3-1-2-4-10(9)6-8/h5-8,15H,1-4,9-11H2;1-4,8H,5-7H2,(H2,12,13). The number of carbonyl (C=O) groups is 1. The third-order valence-corrected chi connectivity index (χ3v) is 5.70. The van der Waals surface area contributed by atoms with Crippen molar-refractivity contribution in [3.8, 4) is 5.75 Å². The van der Waals surface area contributed by atoms with Gasteiger partial charge in [0.05, 0.1) is 0 Å². The summed E-state index contributed by atoms with van der Waals surface area (Å²) < 4.78 is 0. The number of nitrogens with zero attached hydrogens (tertiary/aromatic N) is 1. The maximum atomic E-state index is 10.7. The number of rotatable bonds is 6. The molecule has 1 aliphatic heterocycles. The van der Waals surface area contributed by atoms with Crippen LogP contribution in [0.3, 0.4) is 0 Å². The fourth-order valence-corrected chi connectivity index (χ4v) is 4.25. The van der Waals surface area contributed by atoms with Crippen molar-refractivity contribution in [2.75, 3.05) is 19.6 Å². The van der Waals surface area contributed by atoms with Crippen LogP contribution in [-0.4, -0.2) is 35.5 Å². The van der Waals surface area contributed by atoms with E-state index in [-0.39, 0.29) is 5.91 Å². The Kier molecular flexibility index (Phi) is 7.49. The molecule has 4 heteroatoms. The molecule has 3 N–H and O–H groups in total. The first-order valence-corrected chi connectivity index (χ1v) is 10.5. The van der Waals surface area contributed by atoms with Gasteiger partial charge in [-0.05, 0) is 92.9 Å². The first kappa shape index (κ1) is 20.4. The van der Waals surface area contributed by atoms with E-state index in [2.05, 4.69) is 17.0 Å². The number of aromatic hydroxyl groups is 1. The average molecular weight is 381 g/mol. The molecule has 1 saturated heterocycles. The van der Waals surface area contributed by atoms with Gasteiger partial charge < -0.3 is 15.7 Å². The summed E-state index contributed by atoms with van der Waals surface area (Å²) in [7, 11) is 0. The summed E-state index contributed by atoms with van der Waals surface area (Å²) in [6.45, 7) is 3.80. The second kappa shape index (κ2) is 10.3. The minimum Gasteiger partial charge on any atom is -0.508 e. The molecular formula is C24H32N2O2. The van der Waals surface area contributed by atoms with Gasteiger partial charge in [-0.2, -0.15) is 0 Å². The lowest BCUT2D eigenvalue weighted by Crippen LogP contribution is -2.20. The van der Waals surface area contributed by atoms with Crippen molar-refractivity contribution < 1.29 is 9.90 Å². The molecule has 1 fully saturated rings. The predicted molar refractivity (Wildman–Crippen MR) is 113 cm³/mol. The Bertz CT molecular complexity index is 726. The van der Waals surface area contributed by atoms with Gasteiger partial charge in [0.1, 0.15) is 5.75 Å². The lowest BCUT2D eigenvalue weighted by atomic mass is 10.0. The Hall–Kier alpha value is -2.33. The lowest BCUT2D eigenvalue weighted by Gasteiger charge is -2.13. The van der Waals surface area contributed by atoms with Gasteiger partial charge in [-0.3, -0.25) is 4.79 Å². The van der Waals surface area contributed by atoms with Crippen LogP contribution in [0.1, 0.15) is 42.4 Å². The van der Waals surface area contributed by atoms with Crippen LogP contribution in [0.5, 0.6) is 5.75 Å². The number of nitrogens with two attached hydrogens (primary N) is 1. The molecule has 0 unspecified atom stereocenters. The van der Waals surface area contributed by atoms with E-state index >= 15 is 0 Å². The van der Waals surface area contributed by atoms with E-state index in [0.717, 1.165) is 19.3 Å². The number of primary amides is 1. The van der Waals surface area contributed by atoms with E-state index < -0.39 is 0 Å². The number of hydrogen-bond acceptors (Lipinski definition) is 3. The van der Waals surface area contributed by atoms with Crippen LogP contribution in [0, 0.1) is 5.92 Å². The highest BCUT2D eigenvalue weighted by Crippen LogP contribution is 2.28. The third kappa shape index (κ3) is 6.38. The second-order valence-corrected chi connectivity index (χ2v) is 8.03. The lowest BCUT2D eigenvalue weighted by molar-refractivity contribution is -0.118. The Labute approximate surface area is 168 Å². The zero-order valence-corrected chi connectivity index (χ0v) is 16.6. The van der Waals surface area contributed by atoms with Gasteiger partial charge >= 0.3 is 0 Å². The summed E-state index contributed by atoms with van der Waals surface area (Å²) in [5.74, 6) is 0.617. The number of benzene rings is 2. The predicted octanol–water partition coefficient (Wildman–Crippen LogP) is 3.70. The maximum absolute atomic E-state index is 10.7. The number of phenols is 1. The quantitative estimate of drug-likeness (QED) is 0.803. The number of amides is 1. The maximum Gasteiger partial charge on any atom is 0.217 e. The summed E-state index contributed by atoms with van der Waals surface area (Å²) in [5.41, 5.74) is 9.26. The van der Waals surface area contributed by atoms with Crippen LogP contribution < -0.4 is 5.73 Å². The minimum absolute atomic E-state index is 0.183. The zero-order valence-electron chi connectivity index (χ0n) is 16.6. The normalized spacial score (nSPS) is 16.4. The van der Waals surface area contributed by atoms with Crippen molar-refractivity contribution in [3.63, 3.8) is 0 Å². The molecule has 0 saturated carbocycles. The van der Waals surface area contributed by atoms with Crippen LogP contribution in [-0.2, 0) is 24.1 Å². The topological polar surface area (TPSA) is 66.6 Å². The molecule has 0 radical (unpaired) electrons. The number of aryl methyl sites for hydroxylation is 1. The summed E-state index contributed by atoms with van der Waals surface area (Å²) in [6, 6.07) is 15.9. The van der Waals surface area contributed by atoms with Crippen molar-refractivity contribution in [2.24, 2.45) is 11.7 Å². The molecule has 0 bridgehead atoms. The van der Waals surface area contributed by atoms with Crippen molar-refractivity contribution >= 4 is 5.91 Å². The first-order valence-electron chi connectivity index (χ1n) is 10.5. The van der Waals surface area contributed by atoms with Gasteiger partial charge in [-0.25, -0.2) is 0 Å². The third-order valence-electron chi connectivity index (χ3n) is 5.70. The van der Waals surface area contributed by atoms with Crippen LogP contribution in [0.25, 0.3) is 0 Å². The highest BCUT2D eigenvalue weighted by molar-refractivity contribution is 5.74. The Morgan fingerprint density at radius 3 is 2.18 bits per heavy atom. The largest absolute Gasteiger partial charge is 0.508 e.